The zero-order valence-corrected chi connectivity index (χ0v) is 12.5. The predicted octanol–water partition coefficient (Wildman–Crippen LogP) is 2.91. The highest BCUT2D eigenvalue weighted by atomic mass is 35.5. The maximum absolute atomic E-state index is 11.3. The number of fused-ring (bicyclic) bond motifs is 1. The van der Waals surface area contributed by atoms with Crippen molar-refractivity contribution in [2.75, 3.05) is 14.2 Å². The third kappa shape index (κ3) is 2.88. The van der Waals surface area contributed by atoms with Crippen LogP contribution in [-0.2, 0) is 16.1 Å². The first kappa shape index (κ1) is 14.7. The number of esters is 1. The lowest BCUT2D eigenvalue weighted by atomic mass is 10.3. The van der Waals surface area contributed by atoms with Gasteiger partial charge in [0.25, 0.3) is 0 Å². The third-order valence-electron chi connectivity index (χ3n) is 3.11. The summed E-state index contributed by atoms with van der Waals surface area (Å²) < 4.78 is 11.8. The van der Waals surface area contributed by atoms with Gasteiger partial charge in [-0.2, -0.15) is 0 Å². The Balaban J connectivity index is 2.43. The number of hydrogen-bond acceptors (Lipinski definition) is 4. The molecule has 0 amide bonds. The second-order valence-electron chi connectivity index (χ2n) is 4.42. The molecule has 1 aromatic heterocycles. The average Bonchev–Trinajstić information content (AvgIpc) is 2.82. The van der Waals surface area contributed by atoms with Gasteiger partial charge in [-0.1, -0.05) is 0 Å². The van der Waals surface area contributed by atoms with Crippen molar-refractivity contribution in [2.45, 2.75) is 25.3 Å². The highest BCUT2D eigenvalue weighted by Gasteiger charge is 2.16. The van der Waals surface area contributed by atoms with Gasteiger partial charge in [-0.05, 0) is 19.1 Å². The van der Waals surface area contributed by atoms with Crippen molar-refractivity contribution in [1.82, 2.24) is 9.55 Å². The van der Waals surface area contributed by atoms with Gasteiger partial charge in [0.2, 0.25) is 0 Å². The van der Waals surface area contributed by atoms with E-state index in [2.05, 4.69) is 9.72 Å². The number of benzene rings is 1. The van der Waals surface area contributed by atoms with Gasteiger partial charge in [-0.3, -0.25) is 4.79 Å². The number of ether oxygens (including phenoxy) is 2. The number of nitrogens with zero attached hydrogens (tertiary/aromatic N) is 2. The summed E-state index contributed by atoms with van der Waals surface area (Å²) in [5.41, 5.74) is 1.73. The Hall–Kier alpha value is -1.75. The highest BCUT2D eigenvalue weighted by Crippen LogP contribution is 2.27. The van der Waals surface area contributed by atoms with Crippen LogP contribution >= 0.6 is 11.6 Å². The summed E-state index contributed by atoms with van der Waals surface area (Å²) in [5.74, 6) is 1.22. The van der Waals surface area contributed by atoms with Crippen molar-refractivity contribution >= 4 is 28.6 Å². The monoisotopic (exact) mass is 296 g/mol. The summed E-state index contributed by atoms with van der Waals surface area (Å²) in [5, 5.41) is -0.244. The second kappa shape index (κ2) is 6.13. The molecule has 5 nitrogen and oxygen atoms in total. The summed E-state index contributed by atoms with van der Waals surface area (Å²) in [6.45, 7) is 2.34. The molecule has 6 heteroatoms. The quantitative estimate of drug-likeness (QED) is 0.629. The number of halogens is 1. The topological polar surface area (TPSA) is 53.4 Å². The molecular weight excluding hydrogens is 280 g/mol. The van der Waals surface area contributed by atoms with E-state index in [4.69, 9.17) is 16.3 Å². The number of carbonyl (C=O) groups excluding carboxylic acids is 1. The van der Waals surface area contributed by atoms with Crippen molar-refractivity contribution in [3.63, 3.8) is 0 Å². The maximum atomic E-state index is 11.3. The number of methoxy groups -OCH3 is 2. The predicted molar refractivity (Wildman–Crippen MR) is 77.2 cm³/mol. The zero-order valence-electron chi connectivity index (χ0n) is 11.7. The molecule has 0 fully saturated rings. The van der Waals surface area contributed by atoms with Crippen LogP contribution in [0.4, 0.5) is 0 Å². The number of hydrogen-bond donors (Lipinski definition) is 0. The molecule has 0 N–H and O–H groups in total. The summed E-state index contributed by atoms with van der Waals surface area (Å²) in [6, 6.07) is 5.63. The van der Waals surface area contributed by atoms with Crippen LogP contribution in [0.15, 0.2) is 18.2 Å². The van der Waals surface area contributed by atoms with E-state index in [0.717, 1.165) is 22.6 Å². The van der Waals surface area contributed by atoms with Crippen LogP contribution in [0.1, 0.15) is 24.5 Å². The highest BCUT2D eigenvalue weighted by molar-refractivity contribution is 6.20. The lowest BCUT2D eigenvalue weighted by Crippen LogP contribution is -2.10. The minimum absolute atomic E-state index is 0.244. The Kier molecular flexibility index (Phi) is 4.49. The minimum Gasteiger partial charge on any atom is -0.497 e. The first-order valence-electron chi connectivity index (χ1n) is 6.32. The average molecular weight is 297 g/mol. The van der Waals surface area contributed by atoms with Crippen LogP contribution in [0.3, 0.4) is 0 Å². The molecule has 0 radical (unpaired) electrons. The van der Waals surface area contributed by atoms with Gasteiger partial charge in [0.05, 0.1) is 37.1 Å². The van der Waals surface area contributed by atoms with Gasteiger partial charge in [0.1, 0.15) is 11.6 Å². The second-order valence-corrected chi connectivity index (χ2v) is 5.07. The van der Waals surface area contributed by atoms with Gasteiger partial charge in [-0.25, -0.2) is 4.98 Å². The van der Waals surface area contributed by atoms with Crippen molar-refractivity contribution < 1.29 is 14.3 Å². The molecule has 20 heavy (non-hydrogen) atoms. The number of alkyl halides is 1. The van der Waals surface area contributed by atoms with E-state index in [1.807, 2.05) is 29.7 Å². The molecule has 0 aliphatic carbocycles. The summed E-state index contributed by atoms with van der Waals surface area (Å²) in [7, 11) is 2.99. The molecule has 0 aliphatic rings. The standard InChI is InChI=1S/C14H17ClN2O3/c1-9(15)14-16-11-8-10(19-2)4-5-12(11)17(14)7-6-13(18)20-3/h4-5,8-9H,6-7H2,1-3H3. The Bertz CT molecular complexity index is 622. The van der Waals surface area contributed by atoms with Crippen LogP contribution in [0.25, 0.3) is 11.0 Å². The molecule has 108 valence electrons. The van der Waals surface area contributed by atoms with Crippen molar-refractivity contribution in [2.24, 2.45) is 0 Å². The zero-order chi connectivity index (χ0) is 14.7. The fourth-order valence-electron chi connectivity index (χ4n) is 2.10. The molecular formula is C14H17ClN2O3. The number of aryl methyl sites for hydroxylation is 1. The molecule has 0 bridgehead atoms. The molecule has 2 aromatic rings. The molecule has 0 saturated carbocycles. The fraction of sp³-hybridized carbons (Fsp3) is 0.429. The Labute approximate surface area is 122 Å². The van der Waals surface area contributed by atoms with E-state index in [9.17, 15) is 4.79 Å². The maximum Gasteiger partial charge on any atom is 0.307 e. The van der Waals surface area contributed by atoms with E-state index < -0.39 is 0 Å². The van der Waals surface area contributed by atoms with Crippen LogP contribution in [0, 0.1) is 0 Å². The fourth-order valence-corrected chi connectivity index (χ4v) is 2.27. The van der Waals surface area contributed by atoms with Crippen molar-refractivity contribution in [1.29, 1.82) is 0 Å². The lowest BCUT2D eigenvalue weighted by molar-refractivity contribution is -0.140. The molecule has 0 aliphatic heterocycles. The van der Waals surface area contributed by atoms with E-state index in [-0.39, 0.29) is 17.8 Å². The molecule has 1 atom stereocenters. The molecule has 2 rings (SSSR count). The van der Waals surface area contributed by atoms with Gasteiger partial charge in [0, 0.05) is 12.6 Å². The molecule has 1 unspecified atom stereocenters. The van der Waals surface area contributed by atoms with Crippen LogP contribution in [-0.4, -0.2) is 29.7 Å². The minimum atomic E-state index is -0.256. The van der Waals surface area contributed by atoms with Crippen molar-refractivity contribution in [3.05, 3.63) is 24.0 Å². The van der Waals surface area contributed by atoms with Crippen LogP contribution < -0.4 is 4.74 Å². The third-order valence-corrected chi connectivity index (χ3v) is 3.30. The van der Waals surface area contributed by atoms with Crippen LogP contribution in [0.2, 0.25) is 0 Å². The summed E-state index contributed by atoms with van der Waals surface area (Å²) >= 11 is 6.17. The molecule has 0 spiro atoms. The Morgan fingerprint density at radius 2 is 2.20 bits per heavy atom. The van der Waals surface area contributed by atoms with Gasteiger partial charge < -0.3 is 14.0 Å². The van der Waals surface area contributed by atoms with E-state index in [0.29, 0.717) is 6.54 Å². The molecule has 1 heterocycles. The Morgan fingerprint density at radius 1 is 1.45 bits per heavy atom. The number of carbonyl (C=O) groups is 1. The van der Waals surface area contributed by atoms with E-state index in [1.54, 1.807) is 7.11 Å². The van der Waals surface area contributed by atoms with Crippen LogP contribution in [0.5, 0.6) is 5.75 Å². The summed E-state index contributed by atoms with van der Waals surface area (Å²) in [4.78, 5) is 15.8. The largest absolute Gasteiger partial charge is 0.497 e. The first-order chi connectivity index (χ1) is 9.56. The van der Waals surface area contributed by atoms with Gasteiger partial charge >= 0.3 is 5.97 Å². The van der Waals surface area contributed by atoms with Crippen molar-refractivity contribution in [3.8, 4) is 5.75 Å². The normalized spacial score (nSPS) is 12.4. The van der Waals surface area contributed by atoms with Gasteiger partial charge in [-0.15, -0.1) is 11.6 Å². The molecule has 1 aromatic carbocycles. The molecule has 0 saturated heterocycles. The van der Waals surface area contributed by atoms with E-state index in [1.165, 1.54) is 7.11 Å². The first-order valence-corrected chi connectivity index (χ1v) is 6.75. The smallest absolute Gasteiger partial charge is 0.307 e. The Morgan fingerprint density at radius 3 is 2.80 bits per heavy atom. The van der Waals surface area contributed by atoms with Gasteiger partial charge in [0.15, 0.2) is 0 Å². The lowest BCUT2D eigenvalue weighted by Gasteiger charge is -2.09. The number of rotatable bonds is 5. The number of aromatic nitrogens is 2. The van der Waals surface area contributed by atoms with E-state index >= 15 is 0 Å². The summed E-state index contributed by atoms with van der Waals surface area (Å²) in [6.07, 6.45) is 0.282. The number of imidazole rings is 1. The SMILES string of the molecule is COC(=O)CCn1c(C(C)Cl)nc2cc(OC)ccc21.